The number of hydrogen-bond acceptors (Lipinski definition) is 4. The van der Waals surface area contributed by atoms with E-state index in [0.29, 0.717) is 11.6 Å². The molecule has 0 saturated heterocycles. The van der Waals surface area contributed by atoms with E-state index in [0.717, 1.165) is 10.2 Å². The molecule has 5 heteroatoms. The van der Waals surface area contributed by atoms with Gasteiger partial charge in [0.1, 0.15) is 0 Å². The first-order valence-electron chi connectivity index (χ1n) is 5.90. The first kappa shape index (κ1) is 13.0. The van der Waals surface area contributed by atoms with Crippen LogP contribution in [0.4, 0.5) is 5.13 Å². The van der Waals surface area contributed by atoms with Crippen molar-refractivity contribution >= 4 is 32.6 Å². The minimum atomic E-state index is -0.853. The van der Waals surface area contributed by atoms with Crippen LogP contribution < -0.4 is 11.1 Å². The Bertz CT molecular complexity index is 589. The molecular weight excluding hydrogens is 246 g/mol. The molecule has 0 fully saturated rings. The van der Waals surface area contributed by atoms with Gasteiger partial charge in [0.2, 0.25) is 5.91 Å². The van der Waals surface area contributed by atoms with Crippen LogP contribution in [0, 0.1) is 6.92 Å². The lowest BCUT2D eigenvalue weighted by molar-refractivity contribution is -0.120. The fourth-order valence-electron chi connectivity index (χ4n) is 1.49. The highest BCUT2D eigenvalue weighted by Gasteiger charge is 2.26. The van der Waals surface area contributed by atoms with Gasteiger partial charge in [-0.2, -0.15) is 0 Å². The monoisotopic (exact) mass is 263 g/mol. The van der Waals surface area contributed by atoms with Crippen LogP contribution in [0.15, 0.2) is 18.2 Å². The van der Waals surface area contributed by atoms with E-state index in [4.69, 9.17) is 5.73 Å². The number of thiazole rings is 1. The molecule has 2 aromatic rings. The second-order valence-electron chi connectivity index (χ2n) is 4.72. The largest absolute Gasteiger partial charge is 0.318 e. The Morgan fingerprint density at radius 2 is 2.28 bits per heavy atom. The molecule has 0 radical (unpaired) electrons. The van der Waals surface area contributed by atoms with Gasteiger partial charge in [0.15, 0.2) is 5.13 Å². The van der Waals surface area contributed by atoms with Crippen molar-refractivity contribution < 1.29 is 4.79 Å². The van der Waals surface area contributed by atoms with Crippen LogP contribution in [-0.4, -0.2) is 16.4 Å². The molecule has 1 amide bonds. The molecule has 96 valence electrons. The number of aryl methyl sites for hydroxylation is 1. The highest BCUT2D eigenvalue weighted by atomic mass is 32.1. The van der Waals surface area contributed by atoms with Gasteiger partial charge in [-0.25, -0.2) is 4.98 Å². The molecule has 18 heavy (non-hydrogen) atoms. The summed E-state index contributed by atoms with van der Waals surface area (Å²) in [5.74, 6) is -0.194. The Morgan fingerprint density at radius 3 is 2.94 bits per heavy atom. The molecule has 1 aromatic carbocycles. The number of nitrogens with zero attached hydrogens (tertiary/aromatic N) is 1. The summed E-state index contributed by atoms with van der Waals surface area (Å²) in [5.41, 5.74) is 7.12. The molecule has 1 aromatic heterocycles. The number of fused-ring (bicyclic) bond motifs is 1. The fourth-order valence-corrected chi connectivity index (χ4v) is 2.44. The lowest BCUT2D eigenvalue weighted by atomic mass is 10.00. The van der Waals surface area contributed by atoms with E-state index in [1.54, 1.807) is 6.92 Å². The molecule has 0 aliphatic rings. The van der Waals surface area contributed by atoms with E-state index in [2.05, 4.69) is 16.4 Å². The van der Waals surface area contributed by atoms with Gasteiger partial charge in [0, 0.05) is 0 Å². The molecular formula is C13H17N3OS. The maximum Gasteiger partial charge on any atom is 0.245 e. The standard InChI is InChI=1S/C13H17N3OS/c1-4-13(3,14)11(17)16-12-15-9-6-5-8(2)7-10(9)18-12/h5-7H,4,14H2,1-3H3,(H,15,16,17). The maximum atomic E-state index is 11.9. The topological polar surface area (TPSA) is 68.0 Å². The number of anilines is 1. The number of rotatable bonds is 3. The number of carbonyl (C=O) groups is 1. The Morgan fingerprint density at radius 1 is 1.56 bits per heavy atom. The van der Waals surface area contributed by atoms with E-state index in [-0.39, 0.29) is 5.91 Å². The summed E-state index contributed by atoms with van der Waals surface area (Å²) in [7, 11) is 0. The van der Waals surface area contributed by atoms with Gasteiger partial charge in [-0.15, -0.1) is 0 Å². The molecule has 0 aliphatic heterocycles. The Kier molecular flexibility index (Phi) is 3.36. The quantitative estimate of drug-likeness (QED) is 0.894. The predicted molar refractivity (Wildman–Crippen MR) is 75.9 cm³/mol. The number of benzene rings is 1. The molecule has 1 unspecified atom stereocenters. The van der Waals surface area contributed by atoms with Crippen LogP contribution in [0.25, 0.3) is 10.2 Å². The zero-order valence-corrected chi connectivity index (χ0v) is 11.6. The van der Waals surface area contributed by atoms with Gasteiger partial charge in [0.25, 0.3) is 0 Å². The molecule has 1 heterocycles. The summed E-state index contributed by atoms with van der Waals surface area (Å²) in [6, 6.07) is 6.02. The van der Waals surface area contributed by atoms with Gasteiger partial charge < -0.3 is 11.1 Å². The molecule has 0 aliphatic carbocycles. The first-order valence-corrected chi connectivity index (χ1v) is 6.71. The highest BCUT2D eigenvalue weighted by Crippen LogP contribution is 2.27. The average Bonchev–Trinajstić information content (AvgIpc) is 2.70. The second-order valence-corrected chi connectivity index (χ2v) is 5.75. The van der Waals surface area contributed by atoms with Gasteiger partial charge in [0.05, 0.1) is 15.8 Å². The van der Waals surface area contributed by atoms with Crippen LogP contribution in [0.3, 0.4) is 0 Å². The van der Waals surface area contributed by atoms with Crippen molar-refractivity contribution in [2.45, 2.75) is 32.7 Å². The third-order valence-corrected chi connectivity index (χ3v) is 3.95. The highest BCUT2D eigenvalue weighted by molar-refractivity contribution is 7.22. The lowest BCUT2D eigenvalue weighted by Crippen LogP contribution is -2.47. The van der Waals surface area contributed by atoms with Crippen molar-refractivity contribution in [1.29, 1.82) is 0 Å². The molecule has 0 spiro atoms. The van der Waals surface area contributed by atoms with Crippen LogP contribution in [0.2, 0.25) is 0 Å². The van der Waals surface area contributed by atoms with Crippen molar-refractivity contribution in [2.75, 3.05) is 5.32 Å². The number of nitrogens with two attached hydrogens (primary N) is 1. The normalized spacial score (nSPS) is 14.4. The minimum absolute atomic E-state index is 0.194. The predicted octanol–water partition coefficient (Wildman–Crippen LogP) is 2.67. The summed E-state index contributed by atoms with van der Waals surface area (Å²) in [6.07, 6.45) is 0.586. The van der Waals surface area contributed by atoms with Crippen molar-refractivity contribution in [2.24, 2.45) is 5.73 Å². The van der Waals surface area contributed by atoms with E-state index >= 15 is 0 Å². The number of hydrogen-bond donors (Lipinski definition) is 2. The molecule has 3 N–H and O–H groups in total. The minimum Gasteiger partial charge on any atom is -0.318 e. The van der Waals surface area contributed by atoms with E-state index in [1.165, 1.54) is 16.9 Å². The number of carbonyl (C=O) groups excluding carboxylic acids is 1. The van der Waals surface area contributed by atoms with Crippen molar-refractivity contribution in [3.05, 3.63) is 23.8 Å². The number of aromatic nitrogens is 1. The average molecular weight is 263 g/mol. The fraction of sp³-hybridized carbons (Fsp3) is 0.385. The molecule has 4 nitrogen and oxygen atoms in total. The van der Waals surface area contributed by atoms with Crippen LogP contribution in [-0.2, 0) is 4.79 Å². The van der Waals surface area contributed by atoms with E-state index in [1.807, 2.05) is 26.0 Å². The summed E-state index contributed by atoms with van der Waals surface area (Å²) in [4.78, 5) is 16.3. The summed E-state index contributed by atoms with van der Waals surface area (Å²) < 4.78 is 1.07. The van der Waals surface area contributed by atoms with Gasteiger partial charge in [-0.05, 0) is 38.0 Å². The van der Waals surface area contributed by atoms with Crippen molar-refractivity contribution in [1.82, 2.24) is 4.98 Å². The summed E-state index contributed by atoms with van der Waals surface area (Å²) in [6.45, 7) is 5.65. The van der Waals surface area contributed by atoms with E-state index in [9.17, 15) is 4.79 Å². The third-order valence-electron chi connectivity index (χ3n) is 3.02. The number of nitrogens with one attached hydrogen (secondary N) is 1. The van der Waals surface area contributed by atoms with Crippen LogP contribution in [0.5, 0.6) is 0 Å². The SMILES string of the molecule is CCC(C)(N)C(=O)Nc1nc2ccc(C)cc2s1. The smallest absolute Gasteiger partial charge is 0.245 e. The van der Waals surface area contributed by atoms with Crippen LogP contribution >= 0.6 is 11.3 Å². The Labute approximate surface area is 110 Å². The summed E-state index contributed by atoms with van der Waals surface area (Å²) in [5, 5.41) is 3.39. The van der Waals surface area contributed by atoms with E-state index < -0.39 is 5.54 Å². The van der Waals surface area contributed by atoms with Gasteiger partial charge in [-0.3, -0.25) is 4.79 Å². The Balaban J connectivity index is 2.25. The number of amides is 1. The van der Waals surface area contributed by atoms with Gasteiger partial charge in [-0.1, -0.05) is 24.3 Å². The zero-order valence-electron chi connectivity index (χ0n) is 10.8. The summed E-state index contributed by atoms with van der Waals surface area (Å²) >= 11 is 1.47. The molecule has 2 rings (SSSR count). The first-order chi connectivity index (χ1) is 8.42. The zero-order chi connectivity index (χ0) is 13.3. The third kappa shape index (κ3) is 2.52. The molecule has 1 atom stereocenters. The van der Waals surface area contributed by atoms with Crippen LogP contribution in [0.1, 0.15) is 25.8 Å². The van der Waals surface area contributed by atoms with Gasteiger partial charge >= 0.3 is 0 Å². The Hall–Kier alpha value is -1.46. The maximum absolute atomic E-state index is 11.9. The molecule has 0 saturated carbocycles. The van der Waals surface area contributed by atoms with Crippen molar-refractivity contribution in [3.8, 4) is 0 Å². The lowest BCUT2D eigenvalue weighted by Gasteiger charge is -2.20. The van der Waals surface area contributed by atoms with Crippen molar-refractivity contribution in [3.63, 3.8) is 0 Å². The molecule has 0 bridgehead atoms. The second kappa shape index (κ2) is 4.66.